The van der Waals surface area contributed by atoms with E-state index in [0.29, 0.717) is 5.69 Å². The van der Waals surface area contributed by atoms with Crippen molar-refractivity contribution in [1.29, 1.82) is 0 Å². The second kappa shape index (κ2) is 8.74. The molecule has 1 unspecified atom stereocenters. The van der Waals surface area contributed by atoms with E-state index in [0.717, 1.165) is 34.0 Å². The molecule has 8 heteroatoms. The van der Waals surface area contributed by atoms with E-state index in [1.54, 1.807) is 11.8 Å². The topological polar surface area (TPSA) is 106 Å². The van der Waals surface area contributed by atoms with Gasteiger partial charge in [0.25, 0.3) is 0 Å². The summed E-state index contributed by atoms with van der Waals surface area (Å²) in [6.45, 7) is 0.0251. The number of aliphatic hydroxyl groups excluding tert-OH is 1. The van der Waals surface area contributed by atoms with Crippen LogP contribution in [-0.4, -0.2) is 32.1 Å². The highest BCUT2D eigenvalue weighted by Crippen LogP contribution is 2.39. The van der Waals surface area contributed by atoms with Crippen LogP contribution in [0.5, 0.6) is 0 Å². The Hall–Kier alpha value is -2.39. The van der Waals surface area contributed by atoms with E-state index < -0.39 is 6.29 Å². The van der Waals surface area contributed by atoms with Crippen LogP contribution in [0.2, 0.25) is 0 Å². The van der Waals surface area contributed by atoms with E-state index in [4.69, 9.17) is 15.2 Å². The third-order valence-electron chi connectivity index (χ3n) is 4.60. The quantitative estimate of drug-likeness (QED) is 0.432. The summed E-state index contributed by atoms with van der Waals surface area (Å²) >= 11 is 1.57. The van der Waals surface area contributed by atoms with Crippen molar-refractivity contribution in [2.45, 2.75) is 36.7 Å². The maximum atomic E-state index is 9.28. The molecule has 2 heterocycles. The van der Waals surface area contributed by atoms with E-state index in [9.17, 15) is 5.11 Å². The molecule has 2 aromatic carbocycles. The Morgan fingerprint density at radius 1 is 1.14 bits per heavy atom. The number of nitrogens with two attached hydrogens (primary N) is 1. The van der Waals surface area contributed by atoms with Crippen molar-refractivity contribution in [3.8, 4) is 0 Å². The maximum Gasteiger partial charge on any atom is 0.184 e. The fourth-order valence-electron chi connectivity index (χ4n) is 3.16. The Labute approximate surface area is 167 Å². The molecule has 146 valence electrons. The highest BCUT2D eigenvalue weighted by molar-refractivity contribution is 7.99. The number of ether oxygens (including phenoxy) is 2. The lowest BCUT2D eigenvalue weighted by Gasteiger charge is -2.36. The van der Waals surface area contributed by atoms with Crippen LogP contribution in [0.3, 0.4) is 0 Å². The van der Waals surface area contributed by atoms with Crippen LogP contribution in [0, 0.1) is 0 Å². The van der Waals surface area contributed by atoms with Crippen LogP contribution in [0.25, 0.3) is 0 Å². The minimum atomic E-state index is -0.500. The van der Waals surface area contributed by atoms with Crippen LogP contribution in [0.1, 0.15) is 35.5 Å². The second-order valence-electron chi connectivity index (χ2n) is 6.62. The number of hydrogen-bond acceptors (Lipinski definition) is 7. The smallest absolute Gasteiger partial charge is 0.184 e. The molecule has 0 radical (unpaired) electrons. The molecule has 0 bridgehead atoms. The van der Waals surface area contributed by atoms with Gasteiger partial charge in [-0.3, -0.25) is 5.10 Å². The average molecular weight is 398 g/mol. The molecular formula is C20H22N4O3S. The number of aliphatic hydroxyl groups is 1. The zero-order valence-corrected chi connectivity index (χ0v) is 16.0. The largest absolute Gasteiger partial charge is 0.399 e. The minimum absolute atomic E-state index is 0.0251. The maximum absolute atomic E-state index is 9.28. The van der Waals surface area contributed by atoms with Crippen molar-refractivity contribution in [3.63, 3.8) is 0 Å². The van der Waals surface area contributed by atoms with Gasteiger partial charge in [-0.05, 0) is 23.3 Å². The van der Waals surface area contributed by atoms with Crippen LogP contribution in [-0.2, 0) is 16.1 Å². The number of anilines is 1. The summed E-state index contributed by atoms with van der Waals surface area (Å²) in [4.78, 5) is 4.15. The highest BCUT2D eigenvalue weighted by Gasteiger charge is 2.32. The van der Waals surface area contributed by atoms with Crippen LogP contribution < -0.4 is 5.73 Å². The molecule has 1 fully saturated rings. The lowest BCUT2D eigenvalue weighted by atomic mass is 10.0. The average Bonchev–Trinajstić information content (AvgIpc) is 3.26. The molecule has 4 rings (SSSR count). The number of thioether (sulfide) groups is 1. The number of hydrogen-bond donors (Lipinski definition) is 3. The van der Waals surface area contributed by atoms with Gasteiger partial charge in [0.1, 0.15) is 6.33 Å². The molecule has 1 aliphatic heterocycles. The fourth-order valence-corrected chi connectivity index (χ4v) is 3.96. The number of H-pyrrole nitrogens is 1. The highest BCUT2D eigenvalue weighted by atomic mass is 32.2. The Morgan fingerprint density at radius 2 is 2.00 bits per heavy atom. The molecule has 4 N–H and O–H groups in total. The molecule has 1 aromatic heterocycles. The zero-order valence-electron chi connectivity index (χ0n) is 15.2. The molecule has 1 aliphatic rings. The number of nitrogen functional groups attached to an aromatic ring is 1. The molecular weight excluding hydrogens is 376 g/mol. The summed E-state index contributed by atoms with van der Waals surface area (Å²) in [5, 5.41) is 16.8. The van der Waals surface area contributed by atoms with Gasteiger partial charge in [0.15, 0.2) is 11.4 Å². The summed E-state index contributed by atoms with van der Waals surface area (Å²) < 4.78 is 12.5. The minimum Gasteiger partial charge on any atom is -0.399 e. The SMILES string of the molecule is Nc1cccc(C2O[C@H](CSc3ncn[nH]3)C[C@H](c3ccc(CO)cc3)O2)c1. The van der Waals surface area contributed by atoms with Gasteiger partial charge in [0.05, 0.1) is 18.8 Å². The van der Waals surface area contributed by atoms with Gasteiger partial charge in [-0.2, -0.15) is 5.10 Å². The lowest BCUT2D eigenvalue weighted by Crippen LogP contribution is -2.31. The molecule has 1 saturated heterocycles. The number of nitrogens with zero attached hydrogens (tertiary/aromatic N) is 2. The van der Waals surface area contributed by atoms with E-state index >= 15 is 0 Å². The van der Waals surface area contributed by atoms with Crippen molar-refractivity contribution >= 4 is 17.4 Å². The van der Waals surface area contributed by atoms with Crippen molar-refractivity contribution in [2.24, 2.45) is 0 Å². The first-order valence-corrected chi connectivity index (χ1v) is 10.0. The van der Waals surface area contributed by atoms with Crippen molar-refractivity contribution in [2.75, 3.05) is 11.5 Å². The van der Waals surface area contributed by atoms with Crippen LogP contribution >= 0.6 is 11.8 Å². The number of aromatic amines is 1. The van der Waals surface area contributed by atoms with Gasteiger partial charge in [0, 0.05) is 23.4 Å². The van der Waals surface area contributed by atoms with Gasteiger partial charge in [0.2, 0.25) is 0 Å². The predicted octanol–water partition coefficient (Wildman–Crippen LogP) is 3.22. The van der Waals surface area contributed by atoms with Gasteiger partial charge >= 0.3 is 0 Å². The number of rotatable bonds is 6. The van der Waals surface area contributed by atoms with Gasteiger partial charge in [-0.25, -0.2) is 4.98 Å². The third kappa shape index (κ3) is 4.53. The molecule has 0 aliphatic carbocycles. The first-order valence-electron chi connectivity index (χ1n) is 9.05. The molecule has 7 nitrogen and oxygen atoms in total. The van der Waals surface area contributed by atoms with Crippen LogP contribution in [0.4, 0.5) is 5.69 Å². The number of aromatic nitrogens is 3. The molecule has 0 saturated carbocycles. The summed E-state index contributed by atoms with van der Waals surface area (Å²) in [7, 11) is 0. The van der Waals surface area contributed by atoms with Crippen molar-refractivity contribution in [1.82, 2.24) is 15.2 Å². The Bertz CT molecular complexity index is 889. The molecule has 3 atom stereocenters. The summed E-state index contributed by atoms with van der Waals surface area (Å²) in [6.07, 6.45) is 1.57. The van der Waals surface area contributed by atoms with Crippen molar-refractivity contribution < 1.29 is 14.6 Å². The van der Waals surface area contributed by atoms with Gasteiger partial charge in [-0.15, -0.1) is 0 Å². The molecule has 28 heavy (non-hydrogen) atoms. The predicted molar refractivity (Wildman–Crippen MR) is 106 cm³/mol. The number of benzene rings is 2. The van der Waals surface area contributed by atoms with E-state index in [-0.39, 0.29) is 18.8 Å². The zero-order chi connectivity index (χ0) is 19.3. The first kappa shape index (κ1) is 18.9. The third-order valence-corrected chi connectivity index (χ3v) is 5.61. The summed E-state index contributed by atoms with van der Waals surface area (Å²) in [5.41, 5.74) is 9.44. The Morgan fingerprint density at radius 3 is 2.71 bits per heavy atom. The Balaban J connectivity index is 1.54. The fraction of sp³-hybridized carbons (Fsp3) is 0.300. The first-order chi connectivity index (χ1) is 13.7. The number of nitrogens with one attached hydrogen (secondary N) is 1. The molecule has 0 spiro atoms. The Kier molecular flexibility index (Phi) is 5.92. The molecule has 3 aromatic rings. The molecule has 0 amide bonds. The van der Waals surface area contributed by atoms with Crippen LogP contribution in [0.15, 0.2) is 60.0 Å². The normalized spacial score (nSPS) is 22.2. The van der Waals surface area contributed by atoms with Crippen molar-refractivity contribution in [3.05, 3.63) is 71.5 Å². The summed E-state index contributed by atoms with van der Waals surface area (Å²) in [6, 6.07) is 15.4. The van der Waals surface area contributed by atoms with E-state index in [2.05, 4.69) is 15.2 Å². The van der Waals surface area contributed by atoms with Gasteiger partial charge < -0.3 is 20.3 Å². The van der Waals surface area contributed by atoms with E-state index in [1.165, 1.54) is 6.33 Å². The monoisotopic (exact) mass is 398 g/mol. The lowest BCUT2D eigenvalue weighted by molar-refractivity contribution is -0.245. The van der Waals surface area contributed by atoms with Gasteiger partial charge in [-0.1, -0.05) is 48.2 Å². The summed E-state index contributed by atoms with van der Waals surface area (Å²) in [5.74, 6) is 0.725. The standard InChI is InChI=1S/C20H22N4O3S/c21-16-3-1-2-15(8-16)19-26-17(11-28-20-22-12-23-24-20)9-18(27-19)14-6-4-13(10-25)5-7-14/h1-8,12,17-19,25H,9-11,21H2,(H,22,23,24)/t17-,18+,19?/m0/s1. The van der Waals surface area contributed by atoms with E-state index in [1.807, 2.05) is 48.5 Å². The second-order valence-corrected chi connectivity index (χ2v) is 7.63.